The Morgan fingerprint density at radius 3 is 2.48 bits per heavy atom. The molecule has 0 saturated heterocycles. The number of aromatic nitrogens is 1. The molecule has 0 unspecified atom stereocenters. The quantitative estimate of drug-likeness (QED) is 0.462. The minimum absolute atomic E-state index is 0.0339. The number of benzene rings is 3. The van der Waals surface area contributed by atoms with Gasteiger partial charge in [-0.2, -0.15) is 0 Å². The predicted octanol–water partition coefficient (Wildman–Crippen LogP) is 5.44. The summed E-state index contributed by atoms with van der Waals surface area (Å²) in [5.41, 5.74) is 4.24. The van der Waals surface area contributed by atoms with Crippen molar-refractivity contribution in [1.82, 2.24) is 5.16 Å². The van der Waals surface area contributed by atoms with Crippen LogP contribution in [0.25, 0.3) is 22.2 Å². The van der Waals surface area contributed by atoms with Crippen LogP contribution in [0.5, 0.6) is 0 Å². The van der Waals surface area contributed by atoms with Crippen LogP contribution in [0.15, 0.2) is 65.2 Å². The molecule has 0 bridgehead atoms. The summed E-state index contributed by atoms with van der Waals surface area (Å²) >= 11 is 5.94. The molecule has 5 heteroatoms. The zero-order valence-corrected chi connectivity index (χ0v) is 13.7. The van der Waals surface area contributed by atoms with Crippen molar-refractivity contribution in [2.45, 2.75) is 0 Å². The van der Waals surface area contributed by atoms with Gasteiger partial charge in [-0.05, 0) is 36.4 Å². The fourth-order valence-corrected chi connectivity index (χ4v) is 3.39. The lowest BCUT2D eigenvalue weighted by atomic mass is 9.87. The van der Waals surface area contributed by atoms with E-state index in [2.05, 4.69) is 10.5 Å². The summed E-state index contributed by atoms with van der Waals surface area (Å²) in [6.07, 6.45) is 0. The van der Waals surface area contributed by atoms with Gasteiger partial charge >= 0.3 is 0 Å². The molecule has 0 saturated carbocycles. The monoisotopic (exact) mass is 346 g/mol. The molecule has 1 N–H and O–H groups in total. The fraction of sp³-hybridized carbons (Fsp3) is 0. The number of carbonyl (C=O) groups is 1. The van der Waals surface area contributed by atoms with Crippen molar-refractivity contribution in [3.8, 4) is 11.3 Å². The highest BCUT2D eigenvalue weighted by Crippen LogP contribution is 2.42. The van der Waals surface area contributed by atoms with Gasteiger partial charge in [0.25, 0.3) is 0 Å². The minimum atomic E-state index is -0.0339. The molecule has 1 heterocycles. The molecule has 120 valence electrons. The molecule has 4 nitrogen and oxygen atoms in total. The maximum atomic E-state index is 13.1. The number of nitrogens with zero attached hydrogens (tertiary/aromatic N) is 1. The SMILES string of the molecule is O=C1c2ccccc2-c2onc3ccc(Nc4ccc(Cl)cc4)c1c23. The second-order valence-electron chi connectivity index (χ2n) is 5.90. The third kappa shape index (κ3) is 2.08. The van der Waals surface area contributed by atoms with Gasteiger partial charge in [-0.25, -0.2) is 0 Å². The zero-order valence-electron chi connectivity index (χ0n) is 12.9. The molecule has 5 rings (SSSR count). The van der Waals surface area contributed by atoms with Crippen molar-refractivity contribution in [2.24, 2.45) is 0 Å². The average Bonchev–Trinajstić information content (AvgIpc) is 3.07. The third-order valence-electron chi connectivity index (χ3n) is 4.41. The van der Waals surface area contributed by atoms with E-state index in [1.807, 2.05) is 48.5 Å². The van der Waals surface area contributed by atoms with Crippen LogP contribution in [0.2, 0.25) is 5.02 Å². The van der Waals surface area contributed by atoms with E-state index in [-0.39, 0.29) is 5.78 Å². The highest BCUT2D eigenvalue weighted by atomic mass is 35.5. The molecule has 25 heavy (non-hydrogen) atoms. The summed E-state index contributed by atoms with van der Waals surface area (Å²) in [6.45, 7) is 0. The number of anilines is 2. The van der Waals surface area contributed by atoms with Gasteiger partial charge in [-0.15, -0.1) is 0 Å². The van der Waals surface area contributed by atoms with E-state index in [9.17, 15) is 4.79 Å². The molecule has 0 atom stereocenters. The molecule has 0 fully saturated rings. The van der Waals surface area contributed by atoms with Crippen molar-refractivity contribution in [3.63, 3.8) is 0 Å². The Bertz CT molecular complexity index is 1150. The molecular formula is C20H11ClN2O2. The first-order valence-corrected chi connectivity index (χ1v) is 8.19. The van der Waals surface area contributed by atoms with Crippen molar-refractivity contribution in [1.29, 1.82) is 0 Å². The first-order valence-electron chi connectivity index (χ1n) is 7.81. The summed E-state index contributed by atoms with van der Waals surface area (Å²) in [5.74, 6) is 0.605. The van der Waals surface area contributed by atoms with Crippen molar-refractivity contribution >= 4 is 39.7 Å². The van der Waals surface area contributed by atoms with Crippen molar-refractivity contribution in [3.05, 3.63) is 76.8 Å². The largest absolute Gasteiger partial charge is 0.355 e. The van der Waals surface area contributed by atoms with Crippen LogP contribution in [-0.4, -0.2) is 10.9 Å². The molecule has 0 amide bonds. The summed E-state index contributed by atoms with van der Waals surface area (Å²) in [5, 5.41) is 8.83. The van der Waals surface area contributed by atoms with Gasteiger partial charge < -0.3 is 9.84 Å². The number of ketones is 1. The van der Waals surface area contributed by atoms with Crippen LogP contribution < -0.4 is 5.32 Å². The molecule has 1 aliphatic rings. The highest BCUT2D eigenvalue weighted by molar-refractivity contribution is 6.30. The van der Waals surface area contributed by atoms with E-state index < -0.39 is 0 Å². The highest BCUT2D eigenvalue weighted by Gasteiger charge is 2.31. The summed E-state index contributed by atoms with van der Waals surface area (Å²) in [4.78, 5) is 13.1. The predicted molar refractivity (Wildman–Crippen MR) is 97.6 cm³/mol. The summed E-state index contributed by atoms with van der Waals surface area (Å²) < 4.78 is 5.54. The normalized spacial score (nSPS) is 12.3. The van der Waals surface area contributed by atoms with E-state index in [1.165, 1.54) is 0 Å². The topological polar surface area (TPSA) is 55.1 Å². The van der Waals surface area contributed by atoms with E-state index in [4.69, 9.17) is 16.1 Å². The molecule has 1 aromatic heterocycles. The van der Waals surface area contributed by atoms with Gasteiger partial charge in [0.05, 0.1) is 16.6 Å². The third-order valence-corrected chi connectivity index (χ3v) is 4.66. The van der Waals surface area contributed by atoms with E-state index in [0.717, 1.165) is 22.3 Å². The maximum absolute atomic E-state index is 13.1. The first kappa shape index (κ1) is 14.3. The Kier molecular flexibility index (Phi) is 2.96. The lowest BCUT2D eigenvalue weighted by Crippen LogP contribution is -2.11. The van der Waals surface area contributed by atoms with Gasteiger partial charge in [0.1, 0.15) is 5.52 Å². The Balaban J connectivity index is 1.75. The molecule has 1 aliphatic carbocycles. The number of hydrogen-bond acceptors (Lipinski definition) is 4. The van der Waals surface area contributed by atoms with Crippen LogP contribution >= 0.6 is 11.6 Å². The Labute approximate surface area is 148 Å². The number of carbonyl (C=O) groups excluding carboxylic acids is 1. The van der Waals surface area contributed by atoms with Crippen LogP contribution in [0, 0.1) is 0 Å². The maximum Gasteiger partial charge on any atom is 0.196 e. The Morgan fingerprint density at radius 2 is 1.68 bits per heavy atom. The van der Waals surface area contributed by atoms with Gasteiger partial charge in [0.2, 0.25) is 0 Å². The molecule has 0 aliphatic heterocycles. The van der Waals surface area contributed by atoms with E-state index in [0.29, 0.717) is 27.4 Å². The lowest BCUT2D eigenvalue weighted by molar-refractivity contribution is 0.104. The molecule has 4 aromatic rings. The van der Waals surface area contributed by atoms with E-state index in [1.54, 1.807) is 12.1 Å². The fourth-order valence-electron chi connectivity index (χ4n) is 3.26. The minimum Gasteiger partial charge on any atom is -0.355 e. The smallest absolute Gasteiger partial charge is 0.196 e. The van der Waals surface area contributed by atoms with Gasteiger partial charge in [0, 0.05) is 21.8 Å². The van der Waals surface area contributed by atoms with E-state index >= 15 is 0 Å². The molecular weight excluding hydrogens is 336 g/mol. The summed E-state index contributed by atoms with van der Waals surface area (Å²) in [6, 6.07) is 18.5. The van der Waals surface area contributed by atoms with Gasteiger partial charge in [-0.1, -0.05) is 41.0 Å². The van der Waals surface area contributed by atoms with Gasteiger partial charge in [0.15, 0.2) is 11.5 Å². The first-order chi connectivity index (χ1) is 12.2. The van der Waals surface area contributed by atoms with Crippen molar-refractivity contribution in [2.75, 3.05) is 5.32 Å². The second kappa shape index (κ2) is 5.19. The summed E-state index contributed by atoms with van der Waals surface area (Å²) in [7, 11) is 0. The van der Waals surface area contributed by atoms with Crippen molar-refractivity contribution < 1.29 is 9.32 Å². The number of hydrogen-bond donors (Lipinski definition) is 1. The standard InChI is InChI=1S/C20H11ClN2O2/c21-11-5-7-12(8-6-11)22-15-9-10-16-18-17(15)19(24)13-3-1-2-4-14(13)20(18)25-23-16/h1-10,22H. The van der Waals surface area contributed by atoms with Gasteiger partial charge in [-0.3, -0.25) is 4.79 Å². The molecule has 3 aromatic carbocycles. The number of fused-ring (bicyclic) bond motifs is 2. The van der Waals surface area contributed by atoms with Crippen LogP contribution in [0.3, 0.4) is 0 Å². The molecule has 0 radical (unpaired) electrons. The lowest BCUT2D eigenvalue weighted by Gasteiger charge is -2.17. The number of rotatable bonds is 2. The number of halogens is 1. The zero-order chi connectivity index (χ0) is 17.0. The number of nitrogens with one attached hydrogen (secondary N) is 1. The molecule has 0 spiro atoms. The average molecular weight is 347 g/mol. The van der Waals surface area contributed by atoms with Crippen LogP contribution in [0.1, 0.15) is 15.9 Å². The second-order valence-corrected chi connectivity index (χ2v) is 6.34. The van der Waals surface area contributed by atoms with Crippen LogP contribution in [-0.2, 0) is 0 Å². The Morgan fingerprint density at radius 1 is 0.920 bits per heavy atom. The van der Waals surface area contributed by atoms with Crippen LogP contribution in [0.4, 0.5) is 11.4 Å². The Hall–Kier alpha value is -3.11.